The average molecular weight is 326 g/mol. The van der Waals surface area contributed by atoms with Crippen LogP contribution in [0.2, 0.25) is 0 Å². The van der Waals surface area contributed by atoms with Crippen molar-refractivity contribution in [2.24, 2.45) is 0 Å². The summed E-state index contributed by atoms with van der Waals surface area (Å²) in [6.45, 7) is 3.02. The van der Waals surface area contributed by atoms with Crippen LogP contribution in [0, 0.1) is 6.92 Å². The van der Waals surface area contributed by atoms with Crippen molar-refractivity contribution in [1.29, 1.82) is 0 Å². The van der Waals surface area contributed by atoms with Gasteiger partial charge in [0.1, 0.15) is 5.82 Å². The second kappa shape index (κ2) is 5.42. The van der Waals surface area contributed by atoms with Gasteiger partial charge >= 0.3 is 0 Å². The summed E-state index contributed by atoms with van der Waals surface area (Å²) < 4.78 is 12.7. The molecule has 0 radical (unpaired) electrons. The molecule has 24 heavy (non-hydrogen) atoms. The van der Waals surface area contributed by atoms with E-state index in [0.29, 0.717) is 18.8 Å². The summed E-state index contributed by atoms with van der Waals surface area (Å²) in [5.41, 5.74) is 3.19. The summed E-state index contributed by atoms with van der Waals surface area (Å²) in [5.74, 6) is 0.508. The van der Waals surface area contributed by atoms with E-state index in [1.54, 1.807) is 13.0 Å². The van der Waals surface area contributed by atoms with Gasteiger partial charge in [-0.2, -0.15) is 0 Å². The van der Waals surface area contributed by atoms with E-state index in [1.807, 2.05) is 24.3 Å². The van der Waals surface area contributed by atoms with Crippen LogP contribution in [0.4, 0.5) is 0 Å². The number of imidazole rings is 1. The Morgan fingerprint density at radius 2 is 1.96 bits per heavy atom. The van der Waals surface area contributed by atoms with Crippen molar-refractivity contribution in [1.82, 2.24) is 9.55 Å². The molecular formula is C18H18N2O4. The number of nitrogens with zero attached hydrogens (tertiary/aromatic N) is 2. The van der Waals surface area contributed by atoms with Gasteiger partial charge in [-0.15, -0.1) is 0 Å². The zero-order valence-corrected chi connectivity index (χ0v) is 13.5. The number of aromatic nitrogens is 2. The van der Waals surface area contributed by atoms with E-state index in [1.165, 1.54) is 7.11 Å². The van der Waals surface area contributed by atoms with E-state index >= 15 is 0 Å². The summed E-state index contributed by atoms with van der Waals surface area (Å²) in [6, 6.07) is 9.82. The number of hydrogen-bond acceptors (Lipinski definition) is 5. The molecule has 1 aliphatic heterocycles. The van der Waals surface area contributed by atoms with Crippen LogP contribution < -0.4 is 4.74 Å². The lowest BCUT2D eigenvalue weighted by atomic mass is 10.0. The molecule has 1 aliphatic rings. The molecule has 4 rings (SSSR count). The van der Waals surface area contributed by atoms with Gasteiger partial charge in [-0.1, -0.05) is 12.1 Å². The Balaban J connectivity index is 2.02. The smallest absolute Gasteiger partial charge is 0.200 e. The van der Waals surface area contributed by atoms with E-state index in [4.69, 9.17) is 14.5 Å². The number of methoxy groups -OCH3 is 1. The number of benzene rings is 2. The number of rotatable bonds is 3. The van der Waals surface area contributed by atoms with Gasteiger partial charge in [0.05, 0.1) is 37.4 Å². The first kappa shape index (κ1) is 14.8. The highest BCUT2D eigenvalue weighted by Gasteiger charge is 2.28. The highest BCUT2D eigenvalue weighted by atomic mass is 16.5. The molecule has 2 aromatic carbocycles. The standard InChI is InChI=1S/C18H18N2O4/c1-10-12(7-15(23-2)17(22)16(10)21)18-19-13-5-3-4-6-14(13)20(18)11-8-24-9-11/h3-7,11,21-22H,8-9H2,1-2H3. The molecule has 1 aromatic heterocycles. The molecule has 1 fully saturated rings. The summed E-state index contributed by atoms with van der Waals surface area (Å²) >= 11 is 0. The lowest BCUT2D eigenvalue weighted by molar-refractivity contribution is -0.0209. The van der Waals surface area contributed by atoms with E-state index < -0.39 is 0 Å². The Morgan fingerprint density at radius 3 is 2.62 bits per heavy atom. The average Bonchev–Trinajstić information content (AvgIpc) is 2.91. The third-order valence-electron chi connectivity index (χ3n) is 4.53. The predicted octanol–water partition coefficient (Wildman–Crippen LogP) is 3.00. The van der Waals surface area contributed by atoms with Crippen LogP contribution in [0.3, 0.4) is 0 Å². The van der Waals surface area contributed by atoms with Gasteiger partial charge in [0.2, 0.25) is 5.75 Å². The minimum Gasteiger partial charge on any atom is -0.504 e. The number of phenols is 2. The number of fused-ring (bicyclic) bond motifs is 1. The SMILES string of the molecule is COc1cc(-c2nc3ccccc3n2C2COC2)c(C)c(O)c1O. The molecule has 6 nitrogen and oxygen atoms in total. The summed E-state index contributed by atoms with van der Waals surface area (Å²) in [5, 5.41) is 20.2. The molecule has 6 heteroatoms. The van der Waals surface area contributed by atoms with Crippen molar-refractivity contribution >= 4 is 11.0 Å². The molecule has 0 aliphatic carbocycles. The quantitative estimate of drug-likeness (QED) is 0.724. The largest absolute Gasteiger partial charge is 0.504 e. The summed E-state index contributed by atoms with van der Waals surface area (Å²) in [6.07, 6.45) is 0. The number of phenolic OH excluding ortho intramolecular Hbond substituents is 2. The third-order valence-corrected chi connectivity index (χ3v) is 4.53. The minimum atomic E-state index is -0.256. The Hall–Kier alpha value is -2.73. The van der Waals surface area contributed by atoms with Crippen LogP contribution in [-0.4, -0.2) is 40.1 Å². The van der Waals surface area contributed by atoms with Crippen LogP contribution in [0.15, 0.2) is 30.3 Å². The molecule has 2 N–H and O–H groups in total. The lowest BCUT2D eigenvalue weighted by Crippen LogP contribution is -2.31. The van der Waals surface area contributed by atoms with Gasteiger partial charge in [-0.25, -0.2) is 4.98 Å². The summed E-state index contributed by atoms with van der Waals surface area (Å²) in [7, 11) is 1.45. The fourth-order valence-corrected chi connectivity index (χ4v) is 3.09. The zero-order valence-electron chi connectivity index (χ0n) is 13.5. The molecular weight excluding hydrogens is 308 g/mol. The molecule has 0 amide bonds. The summed E-state index contributed by atoms with van der Waals surface area (Å²) in [4.78, 5) is 4.75. The maximum absolute atomic E-state index is 10.2. The van der Waals surface area contributed by atoms with E-state index in [-0.39, 0.29) is 23.3 Å². The fraction of sp³-hybridized carbons (Fsp3) is 0.278. The van der Waals surface area contributed by atoms with Crippen LogP contribution >= 0.6 is 0 Å². The van der Waals surface area contributed by atoms with Crippen LogP contribution in [0.5, 0.6) is 17.2 Å². The van der Waals surface area contributed by atoms with E-state index in [9.17, 15) is 10.2 Å². The van der Waals surface area contributed by atoms with Crippen molar-refractivity contribution in [2.75, 3.05) is 20.3 Å². The first-order valence-corrected chi connectivity index (χ1v) is 7.76. The lowest BCUT2D eigenvalue weighted by Gasteiger charge is -2.29. The van der Waals surface area contributed by atoms with Crippen molar-refractivity contribution in [2.45, 2.75) is 13.0 Å². The van der Waals surface area contributed by atoms with E-state index in [2.05, 4.69) is 4.57 Å². The Bertz CT molecular complexity index is 928. The van der Waals surface area contributed by atoms with E-state index in [0.717, 1.165) is 22.4 Å². The zero-order chi connectivity index (χ0) is 16.8. The molecule has 3 aromatic rings. The Kier molecular flexibility index (Phi) is 3.35. The third kappa shape index (κ3) is 2.03. The van der Waals surface area contributed by atoms with Gasteiger partial charge in [0.15, 0.2) is 11.5 Å². The number of ether oxygens (including phenoxy) is 2. The first-order chi connectivity index (χ1) is 11.6. The second-order valence-corrected chi connectivity index (χ2v) is 5.93. The van der Waals surface area contributed by atoms with Gasteiger partial charge in [-0.3, -0.25) is 0 Å². The number of aromatic hydroxyl groups is 2. The molecule has 1 saturated heterocycles. The second-order valence-electron chi connectivity index (χ2n) is 5.93. The van der Waals surface area contributed by atoms with Crippen LogP contribution in [0.1, 0.15) is 11.6 Å². The van der Waals surface area contributed by atoms with Crippen molar-refractivity contribution in [3.05, 3.63) is 35.9 Å². The van der Waals surface area contributed by atoms with Crippen molar-refractivity contribution in [3.8, 4) is 28.6 Å². The molecule has 0 saturated carbocycles. The first-order valence-electron chi connectivity index (χ1n) is 7.76. The topological polar surface area (TPSA) is 76.7 Å². The monoisotopic (exact) mass is 326 g/mol. The number of hydrogen-bond donors (Lipinski definition) is 2. The van der Waals surface area contributed by atoms with Crippen LogP contribution in [-0.2, 0) is 4.74 Å². The normalized spacial score (nSPS) is 14.8. The minimum absolute atomic E-state index is 0.187. The highest BCUT2D eigenvalue weighted by Crippen LogP contribution is 2.44. The maximum atomic E-state index is 10.2. The van der Waals surface area contributed by atoms with Gasteiger partial charge in [-0.05, 0) is 25.1 Å². The molecule has 0 bridgehead atoms. The maximum Gasteiger partial charge on any atom is 0.200 e. The molecule has 0 unspecified atom stereocenters. The molecule has 0 spiro atoms. The van der Waals surface area contributed by atoms with Crippen molar-refractivity contribution in [3.63, 3.8) is 0 Å². The molecule has 124 valence electrons. The Morgan fingerprint density at radius 1 is 1.21 bits per heavy atom. The molecule has 0 atom stereocenters. The fourth-order valence-electron chi connectivity index (χ4n) is 3.09. The van der Waals surface area contributed by atoms with Crippen LogP contribution in [0.25, 0.3) is 22.4 Å². The van der Waals surface area contributed by atoms with Gasteiger partial charge in [0, 0.05) is 11.1 Å². The highest BCUT2D eigenvalue weighted by molar-refractivity contribution is 5.83. The molecule has 2 heterocycles. The van der Waals surface area contributed by atoms with Gasteiger partial charge in [0.25, 0.3) is 0 Å². The predicted molar refractivity (Wildman–Crippen MR) is 89.6 cm³/mol. The Labute approximate surface area is 138 Å². The van der Waals surface area contributed by atoms with Gasteiger partial charge < -0.3 is 24.3 Å². The number of para-hydroxylation sites is 2. The van der Waals surface area contributed by atoms with Crippen molar-refractivity contribution < 1.29 is 19.7 Å².